The number of phenolic OH excluding ortho intramolecular Hbond substituents is 1. The van der Waals surface area contributed by atoms with Crippen molar-refractivity contribution in [1.29, 1.82) is 0 Å². The van der Waals surface area contributed by atoms with Crippen LogP contribution >= 0.6 is 0 Å². The molecule has 0 unspecified atom stereocenters. The maximum Gasteiger partial charge on any atom is 0.198 e. The number of phenols is 1. The molecule has 0 atom stereocenters. The maximum atomic E-state index is 10.2. The number of hydrogen-bond donors (Lipinski definition) is 3. The number of aldehydes is 1. The number of methoxy groups -OCH3 is 1. The van der Waals surface area contributed by atoms with E-state index < -0.39 is 0 Å². The molecule has 0 aliphatic rings. The highest BCUT2D eigenvalue weighted by Crippen LogP contribution is 2.25. The summed E-state index contributed by atoms with van der Waals surface area (Å²) in [7, 11) is 1.43. The van der Waals surface area contributed by atoms with Crippen LogP contribution in [0.15, 0.2) is 42.5 Å². The predicted octanol–water partition coefficient (Wildman–Crippen LogP) is 2.36. The normalized spacial score (nSPS) is 9.76. The lowest BCUT2D eigenvalue weighted by atomic mass is 10.2. The van der Waals surface area contributed by atoms with Crippen LogP contribution in [0.25, 0.3) is 11.0 Å². The minimum atomic E-state index is 0.0399. The van der Waals surface area contributed by atoms with E-state index in [-0.39, 0.29) is 5.75 Å². The lowest BCUT2D eigenvalue weighted by Crippen LogP contribution is -1.85. The van der Waals surface area contributed by atoms with Crippen molar-refractivity contribution in [2.45, 2.75) is 0 Å². The fraction of sp³-hybridized carbons (Fsp3) is 0.0667. The summed E-state index contributed by atoms with van der Waals surface area (Å²) in [6.45, 7) is 0. The van der Waals surface area contributed by atoms with Gasteiger partial charge in [0.2, 0.25) is 0 Å². The van der Waals surface area contributed by atoms with E-state index in [1.807, 2.05) is 24.3 Å². The Morgan fingerprint density at radius 1 is 1.29 bits per heavy atom. The molecule has 6 heteroatoms. The average Bonchev–Trinajstić information content (AvgIpc) is 2.88. The Bertz CT molecular complexity index is 720. The van der Waals surface area contributed by atoms with Crippen molar-refractivity contribution in [2.24, 2.45) is 0 Å². The largest absolute Gasteiger partial charge is 0.504 e. The maximum absolute atomic E-state index is 10.2. The van der Waals surface area contributed by atoms with Gasteiger partial charge in [0.05, 0.1) is 18.1 Å². The van der Waals surface area contributed by atoms with Crippen LogP contribution in [0, 0.1) is 0 Å². The molecule has 0 aliphatic carbocycles. The van der Waals surface area contributed by atoms with Crippen molar-refractivity contribution >= 4 is 23.3 Å². The van der Waals surface area contributed by atoms with Gasteiger partial charge in [0.1, 0.15) is 6.29 Å². The molecule has 4 N–H and O–H groups in total. The summed E-state index contributed by atoms with van der Waals surface area (Å²) in [4.78, 5) is 17.2. The number of carbonyl (C=O) groups excluding carboxylic acids is 1. The number of nitrogens with zero attached hydrogens (tertiary/aromatic N) is 1. The van der Waals surface area contributed by atoms with Crippen molar-refractivity contribution in [3.63, 3.8) is 0 Å². The monoisotopic (exact) mass is 285 g/mol. The molecule has 0 saturated heterocycles. The molecular weight excluding hydrogens is 270 g/mol. The summed E-state index contributed by atoms with van der Waals surface area (Å²) in [6, 6.07) is 12.2. The quantitative estimate of drug-likeness (QED) is 0.627. The van der Waals surface area contributed by atoms with Gasteiger partial charge in [0, 0.05) is 5.56 Å². The van der Waals surface area contributed by atoms with Crippen LogP contribution in [0.1, 0.15) is 10.4 Å². The Labute approximate surface area is 121 Å². The minimum absolute atomic E-state index is 0.0399. The Kier molecular flexibility index (Phi) is 4.40. The smallest absolute Gasteiger partial charge is 0.198 e. The SMILES string of the molecule is COc1cc(C=O)ccc1O.Nc1nc2ccccc2[nH]1. The van der Waals surface area contributed by atoms with E-state index in [9.17, 15) is 4.79 Å². The molecule has 0 amide bonds. The van der Waals surface area contributed by atoms with Gasteiger partial charge in [-0.3, -0.25) is 4.79 Å². The van der Waals surface area contributed by atoms with Gasteiger partial charge in [-0.2, -0.15) is 0 Å². The topological polar surface area (TPSA) is 101 Å². The first kappa shape index (κ1) is 14.4. The molecule has 6 nitrogen and oxygen atoms in total. The molecule has 3 aromatic rings. The van der Waals surface area contributed by atoms with Gasteiger partial charge in [0.25, 0.3) is 0 Å². The molecule has 21 heavy (non-hydrogen) atoms. The number of ether oxygens (including phenoxy) is 1. The lowest BCUT2D eigenvalue weighted by Gasteiger charge is -2.01. The molecule has 0 bridgehead atoms. The second-order valence-corrected chi connectivity index (χ2v) is 4.19. The molecule has 0 aliphatic heterocycles. The standard InChI is InChI=1S/C8H8O3.C7H7N3/c1-11-8-4-6(5-9)2-3-7(8)10;8-7-9-5-3-1-2-4-6(5)10-7/h2-5,10H,1H3;1-4H,(H3,8,9,10). The van der Waals surface area contributed by atoms with Gasteiger partial charge < -0.3 is 20.6 Å². The number of anilines is 1. The van der Waals surface area contributed by atoms with E-state index in [4.69, 9.17) is 15.6 Å². The molecule has 0 saturated carbocycles. The van der Waals surface area contributed by atoms with E-state index in [0.717, 1.165) is 11.0 Å². The van der Waals surface area contributed by atoms with Gasteiger partial charge >= 0.3 is 0 Å². The number of nitrogen functional groups attached to an aromatic ring is 1. The third kappa shape index (κ3) is 3.50. The van der Waals surface area contributed by atoms with Crippen LogP contribution in [0.3, 0.4) is 0 Å². The highest BCUT2D eigenvalue weighted by atomic mass is 16.5. The van der Waals surface area contributed by atoms with Crippen molar-refractivity contribution in [3.05, 3.63) is 48.0 Å². The van der Waals surface area contributed by atoms with E-state index in [1.54, 1.807) is 0 Å². The summed E-state index contributed by atoms with van der Waals surface area (Å²) in [5.41, 5.74) is 7.81. The first-order valence-corrected chi connectivity index (χ1v) is 6.16. The number of aromatic amines is 1. The summed E-state index contributed by atoms with van der Waals surface area (Å²) in [6.07, 6.45) is 0.696. The van der Waals surface area contributed by atoms with Gasteiger partial charge in [0.15, 0.2) is 17.4 Å². The van der Waals surface area contributed by atoms with Gasteiger partial charge in [-0.15, -0.1) is 0 Å². The fourth-order valence-electron chi connectivity index (χ4n) is 1.74. The number of aromatic hydroxyl groups is 1. The molecule has 1 aromatic heterocycles. The number of H-pyrrole nitrogens is 1. The number of hydrogen-bond acceptors (Lipinski definition) is 5. The van der Waals surface area contributed by atoms with E-state index in [1.165, 1.54) is 25.3 Å². The van der Waals surface area contributed by atoms with E-state index in [0.29, 0.717) is 23.5 Å². The average molecular weight is 285 g/mol. The second-order valence-electron chi connectivity index (χ2n) is 4.19. The zero-order chi connectivity index (χ0) is 15.2. The first-order chi connectivity index (χ1) is 10.1. The number of imidazole rings is 1. The van der Waals surface area contributed by atoms with Gasteiger partial charge in [-0.25, -0.2) is 4.98 Å². The first-order valence-electron chi connectivity index (χ1n) is 6.16. The number of nitrogens with one attached hydrogen (secondary N) is 1. The lowest BCUT2D eigenvalue weighted by molar-refractivity contribution is 0.112. The van der Waals surface area contributed by atoms with Gasteiger partial charge in [-0.1, -0.05) is 12.1 Å². The minimum Gasteiger partial charge on any atom is -0.504 e. The Balaban J connectivity index is 0.000000154. The molecule has 1 heterocycles. The summed E-state index contributed by atoms with van der Waals surface area (Å²) in [5, 5.41) is 9.09. The molecule has 3 rings (SSSR count). The van der Waals surface area contributed by atoms with E-state index >= 15 is 0 Å². The summed E-state index contributed by atoms with van der Waals surface area (Å²) < 4.78 is 4.78. The summed E-state index contributed by atoms with van der Waals surface area (Å²) >= 11 is 0. The van der Waals surface area contributed by atoms with Crippen molar-refractivity contribution in [3.8, 4) is 11.5 Å². The number of aromatic nitrogens is 2. The molecule has 108 valence electrons. The number of nitrogens with two attached hydrogens (primary N) is 1. The zero-order valence-electron chi connectivity index (χ0n) is 11.4. The highest BCUT2D eigenvalue weighted by Gasteiger charge is 2.00. The molecule has 0 fully saturated rings. The second kappa shape index (κ2) is 6.42. The number of benzene rings is 2. The van der Waals surface area contributed by atoms with Crippen LogP contribution in [0.2, 0.25) is 0 Å². The Hall–Kier alpha value is -3.02. The third-order valence-corrected chi connectivity index (χ3v) is 2.75. The van der Waals surface area contributed by atoms with Crippen LogP contribution in [0.5, 0.6) is 11.5 Å². The van der Waals surface area contributed by atoms with Crippen LogP contribution in [-0.4, -0.2) is 28.5 Å². The Morgan fingerprint density at radius 3 is 2.71 bits per heavy atom. The number of carbonyl (C=O) groups is 1. The fourth-order valence-corrected chi connectivity index (χ4v) is 1.74. The van der Waals surface area contributed by atoms with Crippen LogP contribution < -0.4 is 10.5 Å². The molecule has 2 aromatic carbocycles. The molecular formula is C15H15N3O3. The van der Waals surface area contributed by atoms with Crippen LogP contribution in [0.4, 0.5) is 5.95 Å². The third-order valence-electron chi connectivity index (χ3n) is 2.75. The van der Waals surface area contributed by atoms with Crippen molar-refractivity contribution in [1.82, 2.24) is 9.97 Å². The van der Waals surface area contributed by atoms with Crippen LogP contribution in [-0.2, 0) is 0 Å². The number of fused-ring (bicyclic) bond motifs is 1. The van der Waals surface area contributed by atoms with Crippen molar-refractivity contribution < 1.29 is 14.6 Å². The molecule has 0 radical (unpaired) electrons. The predicted molar refractivity (Wildman–Crippen MR) is 80.6 cm³/mol. The molecule has 0 spiro atoms. The summed E-state index contributed by atoms with van der Waals surface area (Å²) in [5.74, 6) is 0.828. The zero-order valence-corrected chi connectivity index (χ0v) is 11.4. The van der Waals surface area contributed by atoms with E-state index in [2.05, 4.69) is 9.97 Å². The number of rotatable bonds is 2. The Morgan fingerprint density at radius 2 is 2.05 bits per heavy atom. The van der Waals surface area contributed by atoms with Crippen molar-refractivity contribution in [2.75, 3.05) is 12.8 Å². The van der Waals surface area contributed by atoms with Gasteiger partial charge in [-0.05, 0) is 30.3 Å². The number of para-hydroxylation sites is 2. The highest BCUT2D eigenvalue weighted by molar-refractivity contribution is 5.77.